The number of nitrogens with one attached hydrogen (secondary N) is 1. The third-order valence-electron chi connectivity index (χ3n) is 8.39. The van der Waals surface area contributed by atoms with Gasteiger partial charge in [-0.3, -0.25) is 9.59 Å². The minimum Gasteiger partial charge on any atom is -0.466 e. The van der Waals surface area contributed by atoms with E-state index in [2.05, 4.69) is 29.9 Å². The summed E-state index contributed by atoms with van der Waals surface area (Å²) in [7, 11) is 3.33. The van der Waals surface area contributed by atoms with Crippen LogP contribution in [0.15, 0.2) is 11.6 Å². The maximum absolute atomic E-state index is 13.5. The highest BCUT2D eigenvalue weighted by molar-refractivity contribution is 6.23. The Kier molecular flexibility index (Phi) is 7.38. The number of hydrogen-bond acceptors (Lipinski definition) is 6. The summed E-state index contributed by atoms with van der Waals surface area (Å²) in [5.74, 6) is -1.04. The zero-order valence-corrected chi connectivity index (χ0v) is 20.4. The van der Waals surface area contributed by atoms with Crippen LogP contribution in [0.4, 0.5) is 0 Å². The van der Waals surface area contributed by atoms with E-state index in [0.29, 0.717) is 24.9 Å². The van der Waals surface area contributed by atoms with Gasteiger partial charge in [-0.05, 0) is 44.9 Å². The van der Waals surface area contributed by atoms with Crippen molar-refractivity contribution in [1.82, 2.24) is 5.32 Å². The lowest BCUT2D eigenvalue weighted by Crippen LogP contribution is -2.97. The zero-order chi connectivity index (χ0) is 23.6. The third kappa shape index (κ3) is 4.31. The summed E-state index contributed by atoms with van der Waals surface area (Å²) < 4.78 is 10.8. The van der Waals surface area contributed by atoms with Crippen LogP contribution in [0.3, 0.4) is 0 Å². The van der Waals surface area contributed by atoms with E-state index in [1.54, 1.807) is 0 Å². The number of fused-ring (bicyclic) bond motifs is 2. The van der Waals surface area contributed by atoms with E-state index in [1.807, 2.05) is 6.08 Å². The molecule has 2 saturated heterocycles. The number of piperidine rings is 1. The van der Waals surface area contributed by atoms with Crippen molar-refractivity contribution in [2.45, 2.75) is 82.1 Å². The number of ketones is 2. The van der Waals surface area contributed by atoms with Crippen LogP contribution in [0.5, 0.6) is 0 Å². The number of carbonyl (C=O) groups is 3. The number of quaternary nitrogens is 2. The largest absolute Gasteiger partial charge is 0.466 e. The van der Waals surface area contributed by atoms with Crippen LogP contribution in [-0.4, -0.2) is 62.3 Å². The van der Waals surface area contributed by atoms with Crippen LogP contribution in [0.2, 0.25) is 0 Å². The predicted octanol–water partition coefficient (Wildman–Crippen LogP) is -0.218. The van der Waals surface area contributed by atoms with E-state index in [4.69, 9.17) is 9.47 Å². The summed E-state index contributed by atoms with van der Waals surface area (Å²) in [6, 6.07) is 0. The van der Waals surface area contributed by atoms with Crippen LogP contribution >= 0.6 is 0 Å². The molecule has 4 fully saturated rings. The number of methoxy groups -OCH3 is 1. The standard InChI is InChI=1S/C25H39N3O5/c1-16(8-9-17-11-13-27-20(14-17)28-15-26-2)10-12-24-21(29)18-6-4-5-7-19(18)22(30)25(24,33-24)23(31)32-3/h10,17-20,26-28H,4-9,11-15H2,1-3H3/p+2. The average Bonchev–Trinajstić information content (AvgIpc) is 3.55. The van der Waals surface area contributed by atoms with Gasteiger partial charge in [0.25, 0.3) is 5.60 Å². The number of hydrogen-bond donors (Lipinski definition) is 3. The Hall–Kier alpha value is -1.61. The fourth-order valence-corrected chi connectivity index (χ4v) is 6.42. The number of epoxide rings is 1. The first kappa shape index (κ1) is 24.5. The van der Waals surface area contributed by atoms with Crippen LogP contribution in [0.1, 0.15) is 64.7 Å². The van der Waals surface area contributed by atoms with Crippen LogP contribution < -0.4 is 16.0 Å². The van der Waals surface area contributed by atoms with E-state index in [1.165, 1.54) is 19.1 Å². The minimum atomic E-state index is -1.72. The van der Waals surface area contributed by atoms with E-state index >= 15 is 0 Å². The third-order valence-corrected chi connectivity index (χ3v) is 8.39. The molecule has 33 heavy (non-hydrogen) atoms. The molecule has 0 bridgehead atoms. The molecule has 2 heterocycles. The number of nitrogens with two attached hydrogens (primary N) is 2. The lowest BCUT2D eigenvalue weighted by molar-refractivity contribution is -0.716. The van der Waals surface area contributed by atoms with Crippen molar-refractivity contribution in [3.05, 3.63) is 11.6 Å². The number of esters is 1. The Morgan fingerprint density at radius 1 is 1.24 bits per heavy atom. The minimum absolute atomic E-state index is 0.0642. The van der Waals surface area contributed by atoms with Crippen LogP contribution in [0.25, 0.3) is 0 Å². The summed E-state index contributed by atoms with van der Waals surface area (Å²) in [5, 5.41) is 8.10. The Bertz CT molecular complexity index is 814. The van der Waals surface area contributed by atoms with Gasteiger partial charge in [-0.25, -0.2) is 10.1 Å². The van der Waals surface area contributed by atoms with E-state index < -0.39 is 23.1 Å². The monoisotopic (exact) mass is 463 g/mol. The normalized spacial score (nSPS) is 38.5. The Morgan fingerprint density at radius 2 is 1.97 bits per heavy atom. The van der Waals surface area contributed by atoms with Crippen molar-refractivity contribution in [2.75, 3.05) is 27.4 Å². The van der Waals surface area contributed by atoms with Crippen LogP contribution in [0, 0.1) is 17.8 Å². The smallest absolute Gasteiger partial charge is 0.349 e. The maximum atomic E-state index is 13.5. The molecule has 5 N–H and O–H groups in total. The van der Waals surface area contributed by atoms with Gasteiger partial charge in [0, 0.05) is 24.7 Å². The Labute approximate surface area is 196 Å². The zero-order valence-electron chi connectivity index (χ0n) is 20.4. The average molecular weight is 464 g/mol. The van der Waals surface area contributed by atoms with Gasteiger partial charge in [-0.1, -0.05) is 24.5 Å². The van der Waals surface area contributed by atoms with Crippen molar-refractivity contribution in [3.63, 3.8) is 0 Å². The number of rotatable bonds is 9. The number of carbonyl (C=O) groups excluding carboxylic acids is 3. The van der Waals surface area contributed by atoms with Gasteiger partial charge in [-0.15, -0.1) is 0 Å². The van der Waals surface area contributed by atoms with Gasteiger partial charge in [0.05, 0.1) is 20.7 Å². The molecule has 0 aromatic rings. The lowest BCUT2D eigenvalue weighted by atomic mass is 9.61. The van der Waals surface area contributed by atoms with E-state index in [0.717, 1.165) is 45.3 Å². The van der Waals surface area contributed by atoms with Gasteiger partial charge >= 0.3 is 5.97 Å². The summed E-state index contributed by atoms with van der Waals surface area (Å²) in [4.78, 5) is 39.6. The first-order chi connectivity index (χ1) is 15.9. The Morgan fingerprint density at radius 3 is 2.67 bits per heavy atom. The molecule has 2 aliphatic heterocycles. The first-order valence-electron chi connectivity index (χ1n) is 12.8. The fraction of sp³-hybridized carbons (Fsp3) is 0.800. The molecule has 0 spiro atoms. The Balaban J connectivity index is 1.41. The number of ether oxygens (including phenoxy) is 2. The number of Topliss-reactive ketones (excluding diaryl/α,β-unsaturated/α-hetero) is 2. The molecule has 0 radical (unpaired) electrons. The van der Waals surface area contributed by atoms with Gasteiger partial charge < -0.3 is 20.1 Å². The molecular weight excluding hydrogens is 422 g/mol. The van der Waals surface area contributed by atoms with Crippen molar-refractivity contribution in [3.8, 4) is 0 Å². The molecule has 6 atom stereocenters. The molecule has 184 valence electrons. The molecule has 2 saturated carbocycles. The fourth-order valence-electron chi connectivity index (χ4n) is 6.42. The maximum Gasteiger partial charge on any atom is 0.349 e. The molecule has 4 rings (SSSR count). The summed E-state index contributed by atoms with van der Waals surface area (Å²) in [6.45, 7) is 4.16. The quantitative estimate of drug-likeness (QED) is 0.143. The van der Waals surface area contributed by atoms with Crippen molar-refractivity contribution >= 4 is 17.5 Å². The highest BCUT2D eigenvalue weighted by atomic mass is 16.7. The molecule has 0 amide bonds. The molecular formula is C25H41N3O5+2. The highest BCUT2D eigenvalue weighted by Gasteiger charge is 2.86. The van der Waals surface area contributed by atoms with Crippen molar-refractivity contribution in [1.29, 1.82) is 0 Å². The van der Waals surface area contributed by atoms with Gasteiger partial charge in [0.15, 0.2) is 17.2 Å². The summed E-state index contributed by atoms with van der Waals surface area (Å²) in [5.41, 5.74) is -1.89. The second-order valence-electron chi connectivity index (χ2n) is 10.5. The molecule has 0 aromatic carbocycles. The second-order valence-corrected chi connectivity index (χ2v) is 10.5. The van der Waals surface area contributed by atoms with E-state index in [-0.39, 0.29) is 23.9 Å². The highest BCUT2D eigenvalue weighted by Crippen LogP contribution is 2.61. The van der Waals surface area contributed by atoms with Crippen molar-refractivity contribution < 1.29 is 34.5 Å². The molecule has 6 unspecified atom stereocenters. The molecule has 8 nitrogen and oxygen atoms in total. The second kappa shape index (κ2) is 9.94. The first-order valence-corrected chi connectivity index (χ1v) is 12.8. The molecule has 0 aromatic heterocycles. The number of allylic oxidation sites excluding steroid dienone is 1. The topological polar surface area (TPSA) is 118 Å². The molecule has 4 aliphatic rings. The molecule has 2 aliphatic carbocycles. The van der Waals surface area contributed by atoms with Crippen molar-refractivity contribution in [2.24, 2.45) is 17.8 Å². The SMILES string of the molecule is C[NH2+]CNC1CC(CCC(C)=CCC23OC2(C(=O)OC)C(=O)C2CCCCC2C3=O)CC[NH2+]1. The van der Waals surface area contributed by atoms with Gasteiger partial charge in [0.1, 0.15) is 12.8 Å². The van der Waals surface area contributed by atoms with Gasteiger partial charge in [0.2, 0.25) is 0 Å². The summed E-state index contributed by atoms with van der Waals surface area (Å²) >= 11 is 0. The molecule has 8 heteroatoms. The summed E-state index contributed by atoms with van der Waals surface area (Å²) in [6.07, 6.45) is 10.5. The lowest BCUT2D eigenvalue weighted by Gasteiger charge is -2.36. The van der Waals surface area contributed by atoms with Crippen LogP contribution in [-0.2, 0) is 23.9 Å². The van der Waals surface area contributed by atoms with E-state index in [9.17, 15) is 14.4 Å². The predicted molar refractivity (Wildman–Crippen MR) is 121 cm³/mol. The van der Waals surface area contributed by atoms with Gasteiger partial charge in [-0.2, -0.15) is 0 Å².